The molecule has 0 saturated heterocycles. The largest absolute Gasteiger partial charge is 0.327 e. The highest BCUT2D eigenvalue weighted by molar-refractivity contribution is 6.30. The first-order valence-corrected chi connectivity index (χ1v) is 5.59. The van der Waals surface area contributed by atoms with Crippen molar-refractivity contribution in [3.8, 4) is 0 Å². The molecule has 0 heterocycles. The molecule has 0 aliphatic carbocycles. The summed E-state index contributed by atoms with van der Waals surface area (Å²) in [6.07, 6.45) is 0. The van der Waals surface area contributed by atoms with Crippen LogP contribution in [0.2, 0.25) is 5.02 Å². The lowest BCUT2D eigenvalue weighted by molar-refractivity contribution is 0.249. The topological polar surface area (TPSA) is 29.3 Å². The Morgan fingerprint density at radius 1 is 1.25 bits per heavy atom. The number of hydrogen-bond acceptors (Lipinski definition) is 2. The van der Waals surface area contributed by atoms with Crippen LogP contribution in [0, 0.1) is 0 Å². The van der Waals surface area contributed by atoms with Gasteiger partial charge in [-0.15, -0.1) is 12.4 Å². The maximum atomic E-state index is 5.85. The van der Waals surface area contributed by atoms with Crippen LogP contribution >= 0.6 is 24.0 Å². The number of hydrogen-bond donors (Lipinski definition) is 1. The molecule has 0 saturated carbocycles. The van der Waals surface area contributed by atoms with Gasteiger partial charge in [0, 0.05) is 23.7 Å². The van der Waals surface area contributed by atoms with Gasteiger partial charge >= 0.3 is 0 Å². The van der Waals surface area contributed by atoms with Gasteiger partial charge in [-0.05, 0) is 38.6 Å². The molecular weight excluding hydrogens is 243 g/mol. The van der Waals surface area contributed by atoms with Crippen LogP contribution in [-0.4, -0.2) is 24.5 Å². The van der Waals surface area contributed by atoms with Crippen molar-refractivity contribution >= 4 is 24.0 Å². The minimum Gasteiger partial charge on any atom is -0.327 e. The van der Waals surface area contributed by atoms with Crippen LogP contribution in [-0.2, 0) is 0 Å². The molecule has 0 aliphatic rings. The van der Waals surface area contributed by atoms with Gasteiger partial charge in [-0.2, -0.15) is 0 Å². The van der Waals surface area contributed by atoms with E-state index in [0.29, 0.717) is 6.04 Å². The Bertz CT molecular complexity index is 298. The van der Waals surface area contributed by atoms with Crippen LogP contribution in [0.15, 0.2) is 24.3 Å². The molecule has 1 aromatic rings. The normalized spacial score (nSPS) is 14.4. The van der Waals surface area contributed by atoms with Crippen molar-refractivity contribution < 1.29 is 0 Å². The van der Waals surface area contributed by atoms with E-state index in [-0.39, 0.29) is 18.4 Å². The molecule has 2 unspecified atom stereocenters. The average Bonchev–Trinajstić information content (AvgIpc) is 2.17. The summed E-state index contributed by atoms with van der Waals surface area (Å²) in [5, 5.41) is 0.779. The summed E-state index contributed by atoms with van der Waals surface area (Å²) >= 11 is 5.85. The van der Waals surface area contributed by atoms with Crippen LogP contribution in [0.4, 0.5) is 0 Å². The molecule has 0 amide bonds. The van der Waals surface area contributed by atoms with E-state index in [4.69, 9.17) is 17.3 Å². The second-order valence-electron chi connectivity index (χ2n) is 4.14. The van der Waals surface area contributed by atoms with Crippen molar-refractivity contribution in [2.24, 2.45) is 5.73 Å². The summed E-state index contributed by atoms with van der Waals surface area (Å²) < 4.78 is 0. The number of likely N-dealkylation sites (N-methyl/N-ethyl adjacent to an activating group) is 1. The number of benzene rings is 1. The number of nitrogens with zero attached hydrogens (tertiary/aromatic N) is 1. The van der Waals surface area contributed by atoms with E-state index < -0.39 is 0 Å². The van der Waals surface area contributed by atoms with Gasteiger partial charge in [-0.1, -0.05) is 23.7 Å². The average molecular weight is 263 g/mol. The van der Waals surface area contributed by atoms with Gasteiger partial charge in [0.05, 0.1) is 0 Å². The molecule has 0 spiro atoms. The molecule has 1 aromatic carbocycles. The van der Waals surface area contributed by atoms with Crippen molar-refractivity contribution in [2.45, 2.75) is 25.9 Å². The Kier molecular flexibility index (Phi) is 7.00. The maximum absolute atomic E-state index is 5.85. The Morgan fingerprint density at radius 2 is 1.75 bits per heavy atom. The third kappa shape index (κ3) is 4.71. The lowest BCUT2D eigenvalue weighted by Crippen LogP contribution is -2.34. The predicted octanol–water partition coefficient (Wildman–Crippen LogP) is 3.10. The SMILES string of the molecule is CC(N)CN(C)C(C)c1ccc(Cl)cc1.Cl. The summed E-state index contributed by atoms with van der Waals surface area (Å²) in [7, 11) is 2.09. The first-order valence-electron chi connectivity index (χ1n) is 5.22. The van der Waals surface area contributed by atoms with Crippen molar-refractivity contribution in [1.82, 2.24) is 4.90 Å². The van der Waals surface area contributed by atoms with Crippen LogP contribution in [0.1, 0.15) is 25.5 Å². The second-order valence-corrected chi connectivity index (χ2v) is 4.58. The molecule has 0 fully saturated rings. The molecule has 1 rings (SSSR count). The monoisotopic (exact) mass is 262 g/mol. The molecule has 2 atom stereocenters. The number of nitrogens with two attached hydrogens (primary N) is 1. The van der Waals surface area contributed by atoms with E-state index in [1.807, 2.05) is 19.1 Å². The summed E-state index contributed by atoms with van der Waals surface area (Å²) in [6.45, 7) is 5.08. The highest BCUT2D eigenvalue weighted by Crippen LogP contribution is 2.20. The summed E-state index contributed by atoms with van der Waals surface area (Å²) in [4.78, 5) is 2.24. The molecule has 0 radical (unpaired) electrons. The third-order valence-corrected chi connectivity index (χ3v) is 2.84. The lowest BCUT2D eigenvalue weighted by atomic mass is 10.1. The van der Waals surface area contributed by atoms with Gasteiger partial charge in [-0.25, -0.2) is 0 Å². The fraction of sp³-hybridized carbons (Fsp3) is 0.500. The van der Waals surface area contributed by atoms with E-state index >= 15 is 0 Å². The first kappa shape index (κ1) is 15.7. The maximum Gasteiger partial charge on any atom is 0.0406 e. The van der Waals surface area contributed by atoms with Crippen molar-refractivity contribution in [3.05, 3.63) is 34.9 Å². The molecule has 16 heavy (non-hydrogen) atoms. The van der Waals surface area contributed by atoms with Gasteiger partial charge in [-0.3, -0.25) is 4.90 Å². The van der Waals surface area contributed by atoms with Gasteiger partial charge in [0.1, 0.15) is 0 Å². The standard InChI is InChI=1S/C12H19ClN2.ClH/c1-9(14)8-15(3)10(2)11-4-6-12(13)7-5-11;/h4-7,9-10H,8,14H2,1-3H3;1H. The first-order chi connectivity index (χ1) is 7.00. The summed E-state index contributed by atoms with van der Waals surface area (Å²) in [6, 6.07) is 8.54. The smallest absolute Gasteiger partial charge is 0.0406 e. The Hall–Kier alpha value is -0.280. The third-order valence-electron chi connectivity index (χ3n) is 2.59. The predicted molar refractivity (Wildman–Crippen MR) is 73.4 cm³/mol. The van der Waals surface area contributed by atoms with Crippen molar-refractivity contribution in [2.75, 3.05) is 13.6 Å². The molecular formula is C12H20Cl2N2. The Balaban J connectivity index is 0.00000225. The minimum absolute atomic E-state index is 0. The van der Waals surface area contributed by atoms with Crippen LogP contribution in [0.3, 0.4) is 0 Å². The zero-order valence-corrected chi connectivity index (χ0v) is 11.6. The summed E-state index contributed by atoms with van der Waals surface area (Å²) in [5.74, 6) is 0. The van der Waals surface area contributed by atoms with Crippen LogP contribution in [0.25, 0.3) is 0 Å². The van der Waals surface area contributed by atoms with E-state index in [9.17, 15) is 0 Å². The fourth-order valence-corrected chi connectivity index (χ4v) is 1.73. The molecule has 2 N–H and O–H groups in total. The zero-order chi connectivity index (χ0) is 11.4. The molecule has 0 aromatic heterocycles. The van der Waals surface area contributed by atoms with Gasteiger partial charge < -0.3 is 5.73 Å². The fourth-order valence-electron chi connectivity index (χ4n) is 1.61. The second kappa shape index (κ2) is 7.13. The van der Waals surface area contributed by atoms with E-state index in [1.165, 1.54) is 5.56 Å². The quantitative estimate of drug-likeness (QED) is 0.904. The van der Waals surface area contributed by atoms with Gasteiger partial charge in [0.15, 0.2) is 0 Å². The number of halogens is 2. The lowest BCUT2D eigenvalue weighted by Gasteiger charge is -2.26. The molecule has 4 heteroatoms. The molecule has 0 aliphatic heterocycles. The van der Waals surface area contributed by atoms with Crippen LogP contribution < -0.4 is 5.73 Å². The highest BCUT2D eigenvalue weighted by Gasteiger charge is 2.12. The van der Waals surface area contributed by atoms with Crippen molar-refractivity contribution in [1.29, 1.82) is 0 Å². The molecule has 2 nitrogen and oxygen atoms in total. The number of rotatable bonds is 4. The van der Waals surface area contributed by atoms with Gasteiger partial charge in [0.2, 0.25) is 0 Å². The zero-order valence-electron chi connectivity index (χ0n) is 9.98. The van der Waals surface area contributed by atoms with Gasteiger partial charge in [0.25, 0.3) is 0 Å². The Labute approximate surface area is 109 Å². The Morgan fingerprint density at radius 3 is 2.19 bits per heavy atom. The van der Waals surface area contributed by atoms with E-state index in [1.54, 1.807) is 0 Å². The van der Waals surface area contributed by atoms with E-state index in [2.05, 4.69) is 31.0 Å². The minimum atomic E-state index is 0. The van der Waals surface area contributed by atoms with E-state index in [0.717, 1.165) is 11.6 Å². The molecule has 0 bridgehead atoms. The summed E-state index contributed by atoms with van der Waals surface area (Å²) in [5.41, 5.74) is 7.04. The molecule has 92 valence electrons. The highest BCUT2D eigenvalue weighted by atomic mass is 35.5. The van der Waals surface area contributed by atoms with Crippen molar-refractivity contribution in [3.63, 3.8) is 0 Å². The van der Waals surface area contributed by atoms with Crippen LogP contribution in [0.5, 0.6) is 0 Å².